The van der Waals surface area contributed by atoms with E-state index in [1.807, 2.05) is 12.1 Å². The molecular weight excluding hydrogens is 739 g/mol. The van der Waals surface area contributed by atoms with Gasteiger partial charge in [-0.25, -0.2) is 0 Å². The molecule has 0 radical (unpaired) electrons. The Morgan fingerprint density at radius 1 is 0.377 bits per heavy atom. The summed E-state index contributed by atoms with van der Waals surface area (Å²) in [6, 6.07) is 77.5. The molecule has 0 amide bonds. The summed E-state index contributed by atoms with van der Waals surface area (Å²) in [5.41, 5.74) is 17.7. The van der Waals surface area contributed by atoms with Crippen LogP contribution in [-0.4, -0.2) is 0 Å². The lowest BCUT2D eigenvalue weighted by atomic mass is 9.82. The van der Waals surface area contributed by atoms with Crippen molar-refractivity contribution in [3.05, 3.63) is 223 Å². The van der Waals surface area contributed by atoms with Gasteiger partial charge in [0.2, 0.25) is 0 Å². The highest BCUT2D eigenvalue weighted by Crippen LogP contribution is 2.53. The van der Waals surface area contributed by atoms with Crippen LogP contribution < -0.4 is 4.90 Å². The Morgan fingerprint density at radius 2 is 0.967 bits per heavy atom. The monoisotopic (exact) mass is 779 g/mol. The standard InChI is InChI=1S/C59H41NO/c1-59(2)52-22-8-6-18-50(52)58-49-21-12-23-54(47(49)34-35-53(58)59)60(43-30-25-38(26-31-43)42-29-36-56-51(37-42)48-17-7-9-24-55(48)61-56)44-32-27-40(28-33-44)46-20-11-16-41-15-10-19-45(57(41)46)39-13-4-3-5-14-39/h3-37H,1-2H3. The molecule has 0 saturated carbocycles. The van der Waals surface area contributed by atoms with Crippen LogP contribution in [0.15, 0.2) is 217 Å². The maximum Gasteiger partial charge on any atom is 0.135 e. The highest BCUT2D eigenvalue weighted by atomic mass is 16.3. The highest BCUT2D eigenvalue weighted by molar-refractivity contribution is 6.10. The van der Waals surface area contributed by atoms with Gasteiger partial charge in [0.1, 0.15) is 11.2 Å². The van der Waals surface area contributed by atoms with Crippen molar-refractivity contribution < 1.29 is 4.42 Å². The molecule has 0 atom stereocenters. The van der Waals surface area contributed by atoms with E-state index in [0.29, 0.717) is 0 Å². The van der Waals surface area contributed by atoms with Crippen LogP contribution in [0, 0.1) is 0 Å². The van der Waals surface area contributed by atoms with Crippen LogP contribution in [0.4, 0.5) is 17.1 Å². The van der Waals surface area contributed by atoms with Gasteiger partial charge in [0.15, 0.2) is 0 Å². The minimum Gasteiger partial charge on any atom is -0.456 e. The molecule has 288 valence electrons. The maximum atomic E-state index is 6.16. The Balaban J connectivity index is 1.01. The molecule has 2 nitrogen and oxygen atoms in total. The van der Waals surface area contributed by atoms with E-state index >= 15 is 0 Å². The second kappa shape index (κ2) is 13.7. The van der Waals surface area contributed by atoms with Gasteiger partial charge in [-0.2, -0.15) is 0 Å². The zero-order valence-corrected chi connectivity index (χ0v) is 34.1. The predicted molar refractivity (Wildman–Crippen MR) is 257 cm³/mol. The normalized spacial score (nSPS) is 12.9. The third kappa shape index (κ3) is 5.56. The smallest absolute Gasteiger partial charge is 0.135 e. The summed E-state index contributed by atoms with van der Waals surface area (Å²) < 4.78 is 6.16. The summed E-state index contributed by atoms with van der Waals surface area (Å²) in [5.74, 6) is 0. The fourth-order valence-electron chi connectivity index (χ4n) is 10.1. The summed E-state index contributed by atoms with van der Waals surface area (Å²) in [7, 11) is 0. The van der Waals surface area contributed by atoms with Crippen molar-refractivity contribution in [2.24, 2.45) is 0 Å². The Kier molecular flexibility index (Phi) is 7.92. The summed E-state index contributed by atoms with van der Waals surface area (Å²) in [5, 5.41) is 7.27. The first kappa shape index (κ1) is 35.3. The van der Waals surface area contributed by atoms with Gasteiger partial charge in [0.05, 0.1) is 5.69 Å². The zero-order valence-electron chi connectivity index (χ0n) is 34.1. The molecule has 0 aliphatic heterocycles. The van der Waals surface area contributed by atoms with E-state index in [0.717, 1.165) is 50.1 Å². The second-order valence-corrected chi connectivity index (χ2v) is 16.8. The molecule has 0 unspecified atom stereocenters. The minimum absolute atomic E-state index is 0.0742. The maximum absolute atomic E-state index is 6.16. The molecule has 1 heterocycles. The highest BCUT2D eigenvalue weighted by Gasteiger charge is 2.36. The van der Waals surface area contributed by atoms with E-state index in [2.05, 4.69) is 219 Å². The number of nitrogens with zero attached hydrogens (tertiary/aromatic N) is 1. The first-order valence-corrected chi connectivity index (χ1v) is 21.2. The summed E-state index contributed by atoms with van der Waals surface area (Å²) in [6.45, 7) is 4.71. The molecule has 0 spiro atoms. The average Bonchev–Trinajstić information content (AvgIpc) is 3.81. The Labute approximate surface area is 355 Å². The molecule has 12 rings (SSSR count). The summed E-state index contributed by atoms with van der Waals surface area (Å²) in [6.07, 6.45) is 0. The second-order valence-electron chi connectivity index (χ2n) is 16.8. The van der Waals surface area contributed by atoms with E-state index in [4.69, 9.17) is 4.42 Å². The third-order valence-electron chi connectivity index (χ3n) is 13.1. The average molecular weight is 780 g/mol. The Hall–Kier alpha value is -7.68. The van der Waals surface area contributed by atoms with E-state index < -0.39 is 0 Å². The van der Waals surface area contributed by atoms with Gasteiger partial charge in [-0.3, -0.25) is 0 Å². The summed E-state index contributed by atoms with van der Waals surface area (Å²) in [4.78, 5) is 2.43. The van der Waals surface area contributed by atoms with E-state index in [1.54, 1.807) is 0 Å². The van der Waals surface area contributed by atoms with Crippen molar-refractivity contribution in [2.75, 3.05) is 4.90 Å². The van der Waals surface area contributed by atoms with Crippen molar-refractivity contribution in [3.63, 3.8) is 0 Å². The third-order valence-corrected chi connectivity index (χ3v) is 13.1. The van der Waals surface area contributed by atoms with Gasteiger partial charge in [0, 0.05) is 32.9 Å². The van der Waals surface area contributed by atoms with Crippen molar-refractivity contribution >= 4 is 60.5 Å². The molecule has 0 fully saturated rings. The first-order valence-electron chi connectivity index (χ1n) is 21.2. The first-order chi connectivity index (χ1) is 30.0. The molecule has 2 heteroatoms. The van der Waals surface area contributed by atoms with Crippen molar-refractivity contribution in [1.29, 1.82) is 0 Å². The fourth-order valence-corrected chi connectivity index (χ4v) is 10.1. The number of fused-ring (bicyclic) bond motifs is 9. The van der Waals surface area contributed by atoms with Crippen LogP contribution >= 0.6 is 0 Å². The van der Waals surface area contributed by atoms with Crippen molar-refractivity contribution in [1.82, 2.24) is 0 Å². The lowest BCUT2D eigenvalue weighted by Crippen LogP contribution is -2.15. The van der Waals surface area contributed by atoms with Crippen LogP contribution in [-0.2, 0) is 5.41 Å². The number of anilines is 3. The molecule has 61 heavy (non-hydrogen) atoms. The molecule has 1 aliphatic carbocycles. The van der Waals surface area contributed by atoms with Gasteiger partial charge >= 0.3 is 0 Å². The van der Waals surface area contributed by atoms with Crippen molar-refractivity contribution in [3.8, 4) is 44.5 Å². The largest absolute Gasteiger partial charge is 0.456 e. The van der Waals surface area contributed by atoms with Crippen LogP contribution in [0.25, 0.3) is 88.0 Å². The van der Waals surface area contributed by atoms with Gasteiger partial charge < -0.3 is 9.32 Å². The number of hydrogen-bond donors (Lipinski definition) is 0. The zero-order chi connectivity index (χ0) is 40.7. The molecule has 0 N–H and O–H groups in total. The number of rotatable bonds is 6. The van der Waals surface area contributed by atoms with Crippen molar-refractivity contribution in [2.45, 2.75) is 19.3 Å². The lowest BCUT2D eigenvalue weighted by Gasteiger charge is -2.28. The molecular formula is C59H41NO. The van der Waals surface area contributed by atoms with E-state index in [9.17, 15) is 0 Å². The minimum atomic E-state index is -0.0742. The van der Waals surface area contributed by atoms with Gasteiger partial charge in [-0.1, -0.05) is 178 Å². The number of benzene rings is 10. The Morgan fingerprint density at radius 3 is 1.74 bits per heavy atom. The number of hydrogen-bond acceptors (Lipinski definition) is 2. The number of furan rings is 1. The molecule has 0 bridgehead atoms. The van der Waals surface area contributed by atoms with Gasteiger partial charge in [-0.05, 0) is 120 Å². The van der Waals surface area contributed by atoms with Crippen LogP contribution in [0.2, 0.25) is 0 Å². The van der Waals surface area contributed by atoms with E-state index in [-0.39, 0.29) is 5.41 Å². The molecule has 10 aromatic carbocycles. The van der Waals surface area contributed by atoms with Crippen LogP contribution in [0.1, 0.15) is 25.0 Å². The Bertz CT molecular complexity index is 3480. The van der Waals surface area contributed by atoms with Gasteiger partial charge in [0.25, 0.3) is 0 Å². The topological polar surface area (TPSA) is 16.4 Å². The summed E-state index contributed by atoms with van der Waals surface area (Å²) >= 11 is 0. The SMILES string of the molecule is CC1(C)c2ccccc2-c2c1ccc1c(N(c3ccc(-c4ccc5oc6ccccc6c5c4)cc3)c3ccc(-c4cccc5cccc(-c6ccccc6)c45)cc3)cccc21. The number of para-hydroxylation sites is 1. The molecule has 0 saturated heterocycles. The van der Waals surface area contributed by atoms with Crippen LogP contribution in [0.3, 0.4) is 0 Å². The van der Waals surface area contributed by atoms with Gasteiger partial charge in [-0.15, -0.1) is 0 Å². The molecule has 1 aromatic heterocycles. The van der Waals surface area contributed by atoms with E-state index in [1.165, 1.54) is 66.1 Å². The quantitative estimate of drug-likeness (QED) is 0.167. The molecule has 1 aliphatic rings. The molecule has 11 aromatic rings. The lowest BCUT2D eigenvalue weighted by molar-refractivity contribution is 0.661. The predicted octanol–water partition coefficient (Wildman–Crippen LogP) is 16.7. The van der Waals surface area contributed by atoms with Crippen LogP contribution in [0.5, 0.6) is 0 Å². The fraction of sp³-hybridized carbons (Fsp3) is 0.0508.